The number of thiophene rings is 1. The fraction of sp³-hybridized carbons (Fsp3) is 0.167. The summed E-state index contributed by atoms with van der Waals surface area (Å²) in [6, 6.07) is 15.3. The van der Waals surface area contributed by atoms with E-state index in [1.165, 1.54) is 12.3 Å². The van der Waals surface area contributed by atoms with E-state index in [2.05, 4.69) is 5.32 Å². The zero-order valence-corrected chi connectivity index (χ0v) is 15.3. The number of rotatable bonds is 8. The predicted octanol–water partition coefficient (Wildman–Crippen LogP) is 3.05. The summed E-state index contributed by atoms with van der Waals surface area (Å²) in [4.78, 5) is 12.0. The second-order valence-electron chi connectivity index (χ2n) is 5.39. The summed E-state index contributed by atoms with van der Waals surface area (Å²) in [5.74, 6) is 0.436. The second-order valence-corrected chi connectivity index (χ2v) is 8.69. The van der Waals surface area contributed by atoms with Crippen molar-refractivity contribution in [2.75, 3.05) is 13.2 Å². The zero-order chi connectivity index (χ0) is 18.4. The van der Waals surface area contributed by atoms with Gasteiger partial charge >= 0.3 is 0 Å². The maximum atomic E-state index is 12.9. The van der Waals surface area contributed by atoms with Crippen molar-refractivity contribution in [2.45, 2.75) is 9.46 Å². The molecule has 0 saturated carbocycles. The van der Waals surface area contributed by atoms with Gasteiger partial charge in [0.15, 0.2) is 16.4 Å². The lowest BCUT2D eigenvalue weighted by molar-refractivity contribution is -0.123. The number of sulfone groups is 1. The molecule has 3 aromatic rings. The van der Waals surface area contributed by atoms with E-state index in [0.717, 1.165) is 11.3 Å². The first-order valence-electron chi connectivity index (χ1n) is 7.83. The number of furan rings is 1. The van der Waals surface area contributed by atoms with Gasteiger partial charge in [-0.15, -0.1) is 11.3 Å². The molecule has 26 heavy (non-hydrogen) atoms. The van der Waals surface area contributed by atoms with Crippen LogP contribution < -0.4 is 10.1 Å². The molecule has 136 valence electrons. The number of carbonyl (C=O) groups is 1. The molecule has 6 nitrogen and oxygen atoms in total. The Morgan fingerprint density at radius 3 is 2.58 bits per heavy atom. The maximum Gasteiger partial charge on any atom is 0.257 e. The van der Waals surface area contributed by atoms with Crippen molar-refractivity contribution >= 4 is 27.1 Å². The molecule has 0 radical (unpaired) electrons. The molecular formula is C18H17NO5S2. The molecule has 3 rings (SSSR count). The van der Waals surface area contributed by atoms with Gasteiger partial charge in [-0.3, -0.25) is 4.79 Å². The minimum absolute atomic E-state index is 0.106. The van der Waals surface area contributed by atoms with Crippen molar-refractivity contribution in [1.29, 1.82) is 0 Å². The van der Waals surface area contributed by atoms with Gasteiger partial charge in [-0.1, -0.05) is 24.3 Å². The largest absolute Gasteiger partial charge is 0.484 e. The molecule has 1 amide bonds. The lowest BCUT2D eigenvalue weighted by Crippen LogP contribution is -2.34. The number of amides is 1. The van der Waals surface area contributed by atoms with Crippen molar-refractivity contribution in [3.8, 4) is 5.75 Å². The molecule has 0 saturated heterocycles. The molecule has 0 bridgehead atoms. The highest BCUT2D eigenvalue weighted by molar-refractivity contribution is 7.93. The third kappa shape index (κ3) is 4.33. The molecule has 0 aliphatic carbocycles. The lowest BCUT2D eigenvalue weighted by Gasteiger charge is -2.15. The van der Waals surface area contributed by atoms with Crippen LogP contribution in [0.5, 0.6) is 5.75 Å². The highest BCUT2D eigenvalue weighted by atomic mass is 32.2. The summed E-state index contributed by atoms with van der Waals surface area (Å²) in [6.07, 6.45) is 1.41. The highest BCUT2D eigenvalue weighted by Crippen LogP contribution is 2.31. The van der Waals surface area contributed by atoms with Crippen molar-refractivity contribution in [1.82, 2.24) is 5.32 Å². The van der Waals surface area contributed by atoms with Gasteiger partial charge in [0, 0.05) is 6.54 Å². The third-order valence-electron chi connectivity index (χ3n) is 3.61. The number of benzene rings is 1. The summed E-state index contributed by atoms with van der Waals surface area (Å²) < 4.78 is 36.6. The average Bonchev–Trinajstić information content (AvgIpc) is 3.35. The van der Waals surface area contributed by atoms with E-state index >= 15 is 0 Å². The summed E-state index contributed by atoms with van der Waals surface area (Å²) in [6.45, 7) is -0.307. The lowest BCUT2D eigenvalue weighted by atomic mass is 10.3. The Morgan fingerprint density at radius 2 is 1.92 bits per heavy atom. The molecule has 1 atom stereocenters. The Hall–Kier alpha value is -2.58. The van der Waals surface area contributed by atoms with Gasteiger partial charge < -0.3 is 14.5 Å². The van der Waals surface area contributed by atoms with Crippen LogP contribution in [-0.4, -0.2) is 27.5 Å². The fourth-order valence-corrected chi connectivity index (χ4v) is 5.12. The van der Waals surface area contributed by atoms with Gasteiger partial charge in [0.05, 0.1) is 6.26 Å². The SMILES string of the molecule is O=C(COc1ccccc1)NC[C@H](c1ccco1)S(=O)(=O)c1cccs1. The van der Waals surface area contributed by atoms with Crippen LogP contribution in [0.15, 0.2) is 74.9 Å². The van der Waals surface area contributed by atoms with Gasteiger partial charge in [-0.05, 0) is 35.7 Å². The molecule has 0 spiro atoms. The Kier molecular flexibility index (Phi) is 5.75. The molecule has 0 fully saturated rings. The van der Waals surface area contributed by atoms with E-state index in [0.29, 0.717) is 5.75 Å². The quantitative estimate of drug-likeness (QED) is 0.638. The van der Waals surface area contributed by atoms with Crippen LogP contribution in [0.25, 0.3) is 0 Å². The van der Waals surface area contributed by atoms with Gasteiger partial charge in [0.1, 0.15) is 21.0 Å². The molecule has 2 aromatic heterocycles. The van der Waals surface area contributed by atoms with Crippen LogP contribution in [0.4, 0.5) is 0 Å². The summed E-state index contributed by atoms with van der Waals surface area (Å²) >= 11 is 1.13. The standard InChI is InChI=1S/C18H17NO5S2/c20-17(13-24-14-6-2-1-3-7-14)19-12-16(15-8-4-10-23-15)26(21,22)18-9-5-11-25-18/h1-11,16H,12-13H2,(H,19,20)/t16-/m1/s1. The first-order chi connectivity index (χ1) is 12.6. The molecule has 0 aliphatic heterocycles. The van der Waals surface area contributed by atoms with Crippen molar-refractivity contribution in [3.05, 3.63) is 72.0 Å². The number of hydrogen-bond donors (Lipinski definition) is 1. The van der Waals surface area contributed by atoms with Crippen LogP contribution in [0.2, 0.25) is 0 Å². The highest BCUT2D eigenvalue weighted by Gasteiger charge is 2.32. The first-order valence-corrected chi connectivity index (χ1v) is 10.3. The van der Waals surface area contributed by atoms with Crippen molar-refractivity contribution in [3.63, 3.8) is 0 Å². The molecule has 1 N–H and O–H groups in total. The Morgan fingerprint density at radius 1 is 1.12 bits per heavy atom. The van der Waals surface area contributed by atoms with E-state index in [4.69, 9.17) is 9.15 Å². The molecule has 0 unspecified atom stereocenters. The molecule has 8 heteroatoms. The normalized spacial score (nSPS) is 12.5. The second kappa shape index (κ2) is 8.20. The van der Waals surface area contributed by atoms with Crippen molar-refractivity contribution < 1.29 is 22.4 Å². The fourth-order valence-electron chi connectivity index (χ4n) is 2.33. The molecular weight excluding hydrogens is 374 g/mol. The summed E-state index contributed by atoms with van der Waals surface area (Å²) in [5.41, 5.74) is 0. The minimum Gasteiger partial charge on any atom is -0.484 e. The van der Waals surface area contributed by atoms with E-state index in [9.17, 15) is 13.2 Å². The number of nitrogens with one attached hydrogen (secondary N) is 1. The van der Waals surface area contributed by atoms with E-state index in [-0.39, 0.29) is 23.1 Å². The smallest absolute Gasteiger partial charge is 0.257 e. The van der Waals surface area contributed by atoms with Crippen LogP contribution in [0.3, 0.4) is 0 Å². The van der Waals surface area contributed by atoms with Crippen LogP contribution >= 0.6 is 11.3 Å². The predicted molar refractivity (Wildman–Crippen MR) is 97.9 cm³/mol. The van der Waals surface area contributed by atoms with E-state index in [1.807, 2.05) is 6.07 Å². The van der Waals surface area contributed by atoms with Gasteiger partial charge in [-0.2, -0.15) is 0 Å². The molecule has 2 heterocycles. The van der Waals surface area contributed by atoms with Crippen LogP contribution in [0, 0.1) is 0 Å². The number of hydrogen-bond acceptors (Lipinski definition) is 6. The Bertz CT molecular complexity index is 919. The van der Waals surface area contributed by atoms with Gasteiger partial charge in [0.25, 0.3) is 5.91 Å². The molecule has 1 aromatic carbocycles. The number of carbonyl (C=O) groups excluding carboxylic acids is 1. The van der Waals surface area contributed by atoms with Gasteiger partial charge in [-0.25, -0.2) is 8.42 Å². The van der Waals surface area contributed by atoms with E-state index < -0.39 is 21.0 Å². The average molecular weight is 391 g/mol. The van der Waals surface area contributed by atoms with Crippen molar-refractivity contribution in [2.24, 2.45) is 0 Å². The number of para-hydroxylation sites is 1. The Labute approximate surface area is 155 Å². The zero-order valence-electron chi connectivity index (χ0n) is 13.7. The number of ether oxygens (including phenoxy) is 1. The van der Waals surface area contributed by atoms with Crippen LogP contribution in [0.1, 0.15) is 11.0 Å². The maximum absolute atomic E-state index is 12.9. The monoisotopic (exact) mass is 391 g/mol. The first kappa shape index (κ1) is 18.2. The Balaban J connectivity index is 1.66. The summed E-state index contributed by atoms with van der Waals surface area (Å²) in [5, 5.41) is 3.30. The third-order valence-corrected chi connectivity index (χ3v) is 7.10. The van der Waals surface area contributed by atoms with E-state index in [1.54, 1.807) is 47.8 Å². The van der Waals surface area contributed by atoms with Gasteiger partial charge in [0.2, 0.25) is 0 Å². The topological polar surface area (TPSA) is 85.6 Å². The van der Waals surface area contributed by atoms with Crippen LogP contribution in [-0.2, 0) is 14.6 Å². The molecule has 0 aliphatic rings. The summed E-state index contributed by atoms with van der Waals surface area (Å²) in [7, 11) is -3.67. The minimum atomic E-state index is -3.67.